The van der Waals surface area contributed by atoms with Crippen LogP contribution in [0.15, 0.2) is 30.5 Å². The molecule has 2 aromatic rings. The topological polar surface area (TPSA) is 58.4 Å². The average molecular weight is 389 g/mol. The maximum absolute atomic E-state index is 13.1. The number of piperazine rings is 1. The maximum Gasteiger partial charge on any atom is 0.274 e. The van der Waals surface area contributed by atoms with E-state index in [9.17, 15) is 9.59 Å². The average Bonchev–Trinajstić information content (AvgIpc) is 2.98. The van der Waals surface area contributed by atoms with Gasteiger partial charge in [-0.05, 0) is 31.0 Å². The smallest absolute Gasteiger partial charge is 0.274 e. The quantitative estimate of drug-likeness (QED) is 0.788. The normalized spacial score (nSPS) is 17.5. The summed E-state index contributed by atoms with van der Waals surface area (Å²) in [5.41, 5.74) is 2.31. The Bertz CT molecular complexity index is 829. The Hall–Kier alpha value is -2.34. The molecule has 2 heterocycles. The van der Waals surface area contributed by atoms with E-state index < -0.39 is 0 Å². The van der Waals surface area contributed by atoms with Gasteiger partial charge in [0.05, 0.1) is 17.3 Å². The second-order valence-electron chi connectivity index (χ2n) is 7.04. The van der Waals surface area contributed by atoms with Crippen LogP contribution >= 0.6 is 11.6 Å². The Morgan fingerprint density at radius 1 is 1.37 bits per heavy atom. The fourth-order valence-corrected chi connectivity index (χ4v) is 3.78. The molecule has 0 saturated carbocycles. The van der Waals surface area contributed by atoms with Crippen LogP contribution in [0.5, 0.6) is 0 Å². The van der Waals surface area contributed by atoms with Crippen molar-refractivity contribution < 1.29 is 9.59 Å². The van der Waals surface area contributed by atoms with Crippen LogP contribution < -0.4 is 4.90 Å². The van der Waals surface area contributed by atoms with E-state index in [-0.39, 0.29) is 24.4 Å². The number of hydrogen-bond acceptors (Lipinski definition) is 3. The molecule has 1 fully saturated rings. The molecule has 1 aromatic heterocycles. The number of carbonyl (C=O) groups is 2. The molecule has 0 aliphatic carbocycles. The number of aromatic nitrogens is 2. The minimum absolute atomic E-state index is 0.0443. The Morgan fingerprint density at radius 2 is 2.15 bits per heavy atom. The summed E-state index contributed by atoms with van der Waals surface area (Å²) in [5.74, 6) is -0.321. The fraction of sp³-hybridized carbons (Fsp3) is 0.450. The standard InChI is InChI=1S/C20H25ClN4O2/c1-4-5-8-16-12-24(15-9-6-7-14(2)10-15)18(26)13-25(16)20(27)19-17(21)11-22-23(19)3/h6-7,9-11,16H,4-5,8,12-13H2,1-3H3/t16-/m1/s1. The maximum atomic E-state index is 13.1. The first-order valence-electron chi connectivity index (χ1n) is 9.27. The van der Waals surface area contributed by atoms with Crippen molar-refractivity contribution in [1.82, 2.24) is 14.7 Å². The molecule has 7 heteroatoms. The summed E-state index contributed by atoms with van der Waals surface area (Å²) in [4.78, 5) is 29.4. The van der Waals surface area contributed by atoms with Crippen molar-refractivity contribution in [2.75, 3.05) is 18.0 Å². The van der Waals surface area contributed by atoms with Crippen LogP contribution in [0.1, 0.15) is 42.2 Å². The highest BCUT2D eigenvalue weighted by atomic mass is 35.5. The Labute approximate surface area is 164 Å². The third-order valence-electron chi connectivity index (χ3n) is 5.00. The highest BCUT2D eigenvalue weighted by Gasteiger charge is 2.37. The Kier molecular flexibility index (Phi) is 5.85. The van der Waals surface area contributed by atoms with Gasteiger partial charge in [-0.1, -0.05) is 43.5 Å². The van der Waals surface area contributed by atoms with Gasteiger partial charge in [-0.3, -0.25) is 14.3 Å². The van der Waals surface area contributed by atoms with Gasteiger partial charge in [0.1, 0.15) is 12.2 Å². The minimum atomic E-state index is -0.238. The summed E-state index contributed by atoms with van der Waals surface area (Å²) >= 11 is 6.16. The van der Waals surface area contributed by atoms with Crippen LogP contribution in [-0.4, -0.2) is 45.6 Å². The molecule has 144 valence electrons. The van der Waals surface area contributed by atoms with Crippen molar-refractivity contribution in [3.8, 4) is 0 Å². The van der Waals surface area contributed by atoms with E-state index in [0.717, 1.165) is 30.5 Å². The van der Waals surface area contributed by atoms with E-state index in [1.807, 2.05) is 31.2 Å². The summed E-state index contributed by atoms with van der Waals surface area (Å²) in [6.07, 6.45) is 4.32. The lowest BCUT2D eigenvalue weighted by molar-refractivity contribution is -0.121. The molecule has 2 amide bonds. The van der Waals surface area contributed by atoms with E-state index in [0.29, 0.717) is 17.3 Å². The van der Waals surface area contributed by atoms with Crippen molar-refractivity contribution in [2.45, 2.75) is 39.2 Å². The second-order valence-corrected chi connectivity index (χ2v) is 7.44. The van der Waals surface area contributed by atoms with Gasteiger partial charge >= 0.3 is 0 Å². The van der Waals surface area contributed by atoms with Crippen LogP contribution in [0.3, 0.4) is 0 Å². The zero-order valence-corrected chi connectivity index (χ0v) is 16.7. The van der Waals surface area contributed by atoms with Gasteiger partial charge in [-0.2, -0.15) is 5.10 Å². The number of carbonyl (C=O) groups excluding carboxylic acids is 2. The van der Waals surface area contributed by atoms with Gasteiger partial charge in [0.2, 0.25) is 5.91 Å². The molecule has 27 heavy (non-hydrogen) atoms. The molecule has 6 nitrogen and oxygen atoms in total. The van der Waals surface area contributed by atoms with Gasteiger partial charge in [0.25, 0.3) is 5.91 Å². The summed E-state index contributed by atoms with van der Waals surface area (Å²) in [6, 6.07) is 7.85. The van der Waals surface area contributed by atoms with E-state index >= 15 is 0 Å². The number of hydrogen-bond donors (Lipinski definition) is 0. The molecule has 0 N–H and O–H groups in total. The van der Waals surface area contributed by atoms with E-state index in [4.69, 9.17) is 11.6 Å². The molecule has 0 unspecified atom stereocenters. The first-order chi connectivity index (χ1) is 12.9. The largest absolute Gasteiger partial charge is 0.323 e. The lowest BCUT2D eigenvalue weighted by atomic mass is 10.0. The van der Waals surface area contributed by atoms with Crippen molar-refractivity contribution >= 4 is 29.1 Å². The van der Waals surface area contributed by atoms with Crippen LogP contribution in [0, 0.1) is 6.92 Å². The number of aryl methyl sites for hydroxylation is 2. The Balaban J connectivity index is 1.89. The number of nitrogens with zero attached hydrogens (tertiary/aromatic N) is 4. The van der Waals surface area contributed by atoms with Gasteiger partial charge < -0.3 is 9.80 Å². The first kappa shape index (κ1) is 19.4. The van der Waals surface area contributed by atoms with Gasteiger partial charge in [0.15, 0.2) is 0 Å². The van der Waals surface area contributed by atoms with Gasteiger partial charge in [-0.15, -0.1) is 0 Å². The van der Waals surface area contributed by atoms with Crippen LogP contribution in [0.4, 0.5) is 5.69 Å². The number of amides is 2. The van der Waals surface area contributed by atoms with E-state index in [1.54, 1.807) is 16.8 Å². The van der Waals surface area contributed by atoms with Crippen LogP contribution in [-0.2, 0) is 11.8 Å². The van der Waals surface area contributed by atoms with Crippen LogP contribution in [0.2, 0.25) is 5.02 Å². The second kappa shape index (κ2) is 8.13. The van der Waals surface area contributed by atoms with Crippen molar-refractivity contribution in [3.05, 3.63) is 46.7 Å². The van der Waals surface area contributed by atoms with E-state index in [2.05, 4.69) is 12.0 Å². The monoisotopic (exact) mass is 388 g/mol. The molecule has 1 saturated heterocycles. The third kappa shape index (κ3) is 4.00. The van der Waals surface area contributed by atoms with E-state index in [1.165, 1.54) is 10.9 Å². The van der Waals surface area contributed by atoms with Gasteiger partial charge in [0, 0.05) is 19.3 Å². The fourth-order valence-electron chi connectivity index (χ4n) is 3.53. The van der Waals surface area contributed by atoms with Crippen molar-refractivity contribution in [3.63, 3.8) is 0 Å². The van der Waals surface area contributed by atoms with Crippen LogP contribution in [0.25, 0.3) is 0 Å². The van der Waals surface area contributed by atoms with Crippen molar-refractivity contribution in [1.29, 1.82) is 0 Å². The molecule has 1 aliphatic rings. The highest BCUT2D eigenvalue weighted by Crippen LogP contribution is 2.26. The third-order valence-corrected chi connectivity index (χ3v) is 5.28. The zero-order chi connectivity index (χ0) is 19.6. The molecule has 0 radical (unpaired) electrons. The predicted molar refractivity (Wildman–Crippen MR) is 106 cm³/mol. The summed E-state index contributed by atoms with van der Waals surface area (Å²) < 4.78 is 1.47. The summed E-state index contributed by atoms with van der Waals surface area (Å²) in [7, 11) is 1.69. The number of halogens is 1. The number of anilines is 1. The molecule has 0 spiro atoms. The number of rotatable bonds is 5. The molecule has 0 bridgehead atoms. The predicted octanol–water partition coefficient (Wildman–Crippen LogP) is 3.43. The summed E-state index contributed by atoms with van der Waals surface area (Å²) in [6.45, 7) is 4.66. The summed E-state index contributed by atoms with van der Waals surface area (Å²) in [5, 5.41) is 4.36. The van der Waals surface area contributed by atoms with Crippen molar-refractivity contribution in [2.24, 2.45) is 7.05 Å². The molecular weight excluding hydrogens is 364 g/mol. The lowest BCUT2D eigenvalue weighted by Crippen LogP contribution is -2.58. The number of unbranched alkanes of at least 4 members (excludes halogenated alkanes) is 1. The van der Waals surface area contributed by atoms with Gasteiger partial charge in [-0.25, -0.2) is 0 Å². The highest BCUT2D eigenvalue weighted by molar-refractivity contribution is 6.33. The SMILES string of the molecule is CCCC[C@@H]1CN(c2cccc(C)c2)C(=O)CN1C(=O)c1c(Cl)cnn1C. The molecule has 1 atom stereocenters. The molecular formula is C20H25ClN4O2. The first-order valence-corrected chi connectivity index (χ1v) is 9.65. The molecule has 1 aromatic carbocycles. The number of benzene rings is 1. The lowest BCUT2D eigenvalue weighted by Gasteiger charge is -2.41. The minimum Gasteiger partial charge on any atom is -0.323 e. The molecule has 1 aliphatic heterocycles. The molecule has 3 rings (SSSR count). The Morgan fingerprint density at radius 3 is 2.78 bits per heavy atom. The zero-order valence-electron chi connectivity index (χ0n) is 16.0.